The first-order valence-electron chi connectivity index (χ1n) is 13.8. The summed E-state index contributed by atoms with van der Waals surface area (Å²) in [6, 6.07) is 18.3. The van der Waals surface area contributed by atoms with Crippen LogP contribution in [0.3, 0.4) is 0 Å². The number of carbonyl (C=O) groups excluding carboxylic acids is 2. The summed E-state index contributed by atoms with van der Waals surface area (Å²) >= 11 is 12.4. The molecule has 0 aliphatic heterocycles. The maximum absolute atomic E-state index is 14.1. The van der Waals surface area contributed by atoms with E-state index in [1.54, 1.807) is 18.2 Å². The van der Waals surface area contributed by atoms with Crippen LogP contribution in [0, 0.1) is 5.82 Å². The van der Waals surface area contributed by atoms with Crippen molar-refractivity contribution < 1.29 is 22.4 Å². The van der Waals surface area contributed by atoms with Crippen LogP contribution in [0.1, 0.15) is 43.2 Å². The van der Waals surface area contributed by atoms with Gasteiger partial charge in [-0.05, 0) is 54.3 Å². The van der Waals surface area contributed by atoms with Gasteiger partial charge in [0.05, 0.1) is 22.0 Å². The van der Waals surface area contributed by atoms with Crippen LogP contribution in [0.2, 0.25) is 10.0 Å². The highest BCUT2D eigenvalue weighted by atomic mass is 35.5. The molecule has 11 heteroatoms. The smallest absolute Gasteiger partial charge is 0.244 e. The molecule has 1 aliphatic rings. The Hall–Kier alpha value is -3.14. The lowest BCUT2D eigenvalue weighted by Gasteiger charge is -2.35. The van der Waals surface area contributed by atoms with E-state index < -0.39 is 34.3 Å². The zero-order chi connectivity index (χ0) is 30.3. The molecule has 1 fully saturated rings. The molecular formula is C31H34Cl2FN3O4S. The van der Waals surface area contributed by atoms with E-state index in [9.17, 15) is 22.4 Å². The monoisotopic (exact) mass is 633 g/mol. The molecule has 0 unspecified atom stereocenters. The molecule has 0 heterocycles. The average molecular weight is 635 g/mol. The summed E-state index contributed by atoms with van der Waals surface area (Å²) in [5, 5.41) is 3.76. The number of hydrogen-bond acceptors (Lipinski definition) is 4. The number of sulfonamides is 1. The second kappa shape index (κ2) is 14.4. The van der Waals surface area contributed by atoms with Gasteiger partial charge in [0.25, 0.3) is 0 Å². The molecule has 42 heavy (non-hydrogen) atoms. The summed E-state index contributed by atoms with van der Waals surface area (Å²) in [5.74, 6) is -1.60. The third-order valence-electron chi connectivity index (χ3n) is 7.33. The minimum Gasteiger partial charge on any atom is -0.352 e. The molecule has 0 saturated heterocycles. The van der Waals surface area contributed by atoms with Gasteiger partial charge in [0, 0.05) is 19.0 Å². The summed E-state index contributed by atoms with van der Waals surface area (Å²) in [7, 11) is -4.00. The first-order valence-corrected chi connectivity index (χ1v) is 16.4. The molecule has 7 nitrogen and oxygen atoms in total. The molecule has 224 valence electrons. The van der Waals surface area contributed by atoms with E-state index in [-0.39, 0.29) is 35.6 Å². The Kier molecular flexibility index (Phi) is 10.9. The van der Waals surface area contributed by atoms with Gasteiger partial charge in [-0.3, -0.25) is 13.9 Å². The molecule has 1 saturated carbocycles. The summed E-state index contributed by atoms with van der Waals surface area (Å²) in [6.45, 7) is -0.669. The van der Waals surface area contributed by atoms with Gasteiger partial charge in [-0.25, -0.2) is 12.8 Å². The third kappa shape index (κ3) is 8.69. The molecule has 1 atom stereocenters. The van der Waals surface area contributed by atoms with Crippen LogP contribution in [0.4, 0.5) is 10.1 Å². The van der Waals surface area contributed by atoms with Gasteiger partial charge in [0.15, 0.2) is 0 Å². The molecular weight excluding hydrogens is 600 g/mol. The number of carbonyl (C=O) groups is 2. The standard InChI is InChI=1S/C31H34Cl2FN3O4S/c1-42(40,41)37(26-14-8-11-24(34)19-26)21-30(38)36(20-23-15-16-27(32)28(33)17-23)29(18-22-9-4-2-5-10-22)31(39)35-25-12-6-3-7-13-25/h2,4-5,8-11,14-17,19,25,29H,3,6-7,12-13,18,20-21H2,1H3,(H,35,39)/t29-/m0/s1. The highest BCUT2D eigenvalue weighted by Crippen LogP contribution is 2.26. The quantitative estimate of drug-likeness (QED) is 0.281. The topological polar surface area (TPSA) is 86.8 Å². The number of anilines is 1. The molecule has 0 radical (unpaired) electrons. The van der Waals surface area contributed by atoms with Crippen molar-refractivity contribution in [2.24, 2.45) is 0 Å². The van der Waals surface area contributed by atoms with Crippen LogP contribution in [0.25, 0.3) is 0 Å². The Morgan fingerprint density at radius 3 is 2.29 bits per heavy atom. The van der Waals surface area contributed by atoms with Crippen molar-refractivity contribution in [2.45, 2.75) is 57.2 Å². The number of nitrogens with zero attached hydrogens (tertiary/aromatic N) is 2. The Bertz CT molecular complexity index is 1500. The Balaban J connectivity index is 1.74. The second-order valence-corrected chi connectivity index (χ2v) is 13.3. The van der Waals surface area contributed by atoms with E-state index in [1.165, 1.54) is 23.1 Å². The lowest BCUT2D eigenvalue weighted by Crippen LogP contribution is -2.55. The van der Waals surface area contributed by atoms with E-state index in [0.29, 0.717) is 10.6 Å². The van der Waals surface area contributed by atoms with E-state index in [4.69, 9.17) is 23.2 Å². The number of rotatable bonds is 11. The number of amides is 2. The van der Waals surface area contributed by atoms with E-state index >= 15 is 0 Å². The van der Waals surface area contributed by atoms with Gasteiger partial charge < -0.3 is 10.2 Å². The summed E-state index contributed by atoms with van der Waals surface area (Å²) in [5.41, 5.74) is 1.45. The third-order valence-corrected chi connectivity index (χ3v) is 9.21. The van der Waals surface area contributed by atoms with Crippen LogP contribution in [-0.4, -0.2) is 50.0 Å². The average Bonchev–Trinajstić information content (AvgIpc) is 2.95. The predicted octanol–water partition coefficient (Wildman–Crippen LogP) is 5.99. The van der Waals surface area contributed by atoms with Crippen molar-refractivity contribution in [3.63, 3.8) is 0 Å². The normalized spacial score (nSPS) is 14.7. The van der Waals surface area contributed by atoms with Crippen LogP contribution >= 0.6 is 23.2 Å². The van der Waals surface area contributed by atoms with Gasteiger partial charge in [-0.15, -0.1) is 0 Å². The van der Waals surface area contributed by atoms with E-state index in [1.807, 2.05) is 30.3 Å². The Labute approximate surface area is 256 Å². The van der Waals surface area contributed by atoms with E-state index in [0.717, 1.165) is 54.3 Å². The lowest BCUT2D eigenvalue weighted by molar-refractivity contribution is -0.140. The molecule has 0 spiro atoms. The van der Waals surface area contributed by atoms with Gasteiger partial charge in [-0.2, -0.15) is 0 Å². The van der Waals surface area contributed by atoms with Crippen LogP contribution < -0.4 is 9.62 Å². The Morgan fingerprint density at radius 1 is 0.929 bits per heavy atom. The summed E-state index contributed by atoms with van der Waals surface area (Å²) in [4.78, 5) is 29.4. The lowest BCUT2D eigenvalue weighted by atomic mass is 9.94. The first kappa shape index (κ1) is 31.8. The van der Waals surface area contributed by atoms with Crippen molar-refractivity contribution in [3.05, 3.63) is 99.8 Å². The van der Waals surface area contributed by atoms with Crippen LogP contribution in [0.15, 0.2) is 72.8 Å². The zero-order valence-corrected chi connectivity index (χ0v) is 25.6. The first-order chi connectivity index (χ1) is 20.0. The number of hydrogen-bond donors (Lipinski definition) is 1. The molecule has 3 aromatic carbocycles. The molecule has 0 aromatic heterocycles. The molecule has 0 bridgehead atoms. The van der Waals surface area contributed by atoms with E-state index in [2.05, 4.69) is 5.32 Å². The molecule has 1 N–H and O–H groups in total. The van der Waals surface area contributed by atoms with Crippen molar-refractivity contribution in [1.82, 2.24) is 10.2 Å². The molecule has 2 amide bonds. The van der Waals surface area contributed by atoms with Crippen LogP contribution in [0.5, 0.6) is 0 Å². The van der Waals surface area contributed by atoms with Gasteiger partial charge >= 0.3 is 0 Å². The van der Waals surface area contributed by atoms with Gasteiger partial charge in [-0.1, -0.05) is 84.9 Å². The predicted molar refractivity (Wildman–Crippen MR) is 165 cm³/mol. The van der Waals surface area contributed by atoms with Crippen molar-refractivity contribution in [2.75, 3.05) is 17.1 Å². The largest absolute Gasteiger partial charge is 0.352 e. The van der Waals surface area contributed by atoms with Crippen molar-refractivity contribution in [3.8, 4) is 0 Å². The van der Waals surface area contributed by atoms with Crippen molar-refractivity contribution >= 4 is 50.7 Å². The fraction of sp³-hybridized carbons (Fsp3) is 0.355. The second-order valence-electron chi connectivity index (χ2n) is 10.6. The SMILES string of the molecule is CS(=O)(=O)N(CC(=O)N(Cc1ccc(Cl)c(Cl)c1)[C@@H](Cc1ccccc1)C(=O)NC1CCCCC1)c1cccc(F)c1. The minimum atomic E-state index is -4.00. The number of nitrogens with one attached hydrogen (secondary N) is 1. The fourth-order valence-corrected chi connectivity index (χ4v) is 6.34. The minimum absolute atomic E-state index is 0.00611. The maximum Gasteiger partial charge on any atom is 0.244 e. The molecule has 4 rings (SSSR count). The highest BCUT2D eigenvalue weighted by Gasteiger charge is 2.34. The van der Waals surface area contributed by atoms with Gasteiger partial charge in [0.2, 0.25) is 21.8 Å². The number of halogens is 3. The summed E-state index contributed by atoms with van der Waals surface area (Å²) in [6.07, 6.45) is 5.99. The highest BCUT2D eigenvalue weighted by molar-refractivity contribution is 7.92. The Morgan fingerprint density at radius 2 is 1.64 bits per heavy atom. The van der Waals surface area contributed by atoms with Crippen molar-refractivity contribution in [1.29, 1.82) is 0 Å². The number of benzene rings is 3. The zero-order valence-electron chi connectivity index (χ0n) is 23.3. The van der Waals surface area contributed by atoms with Gasteiger partial charge in [0.1, 0.15) is 18.4 Å². The summed E-state index contributed by atoms with van der Waals surface area (Å²) < 4.78 is 40.6. The molecule has 1 aliphatic carbocycles. The maximum atomic E-state index is 14.1. The molecule has 3 aromatic rings. The van der Waals surface area contributed by atoms with Crippen LogP contribution in [-0.2, 0) is 32.6 Å². The fourth-order valence-electron chi connectivity index (χ4n) is 5.18.